The predicted molar refractivity (Wildman–Crippen MR) is 104 cm³/mol. The van der Waals surface area contributed by atoms with Gasteiger partial charge in [-0.3, -0.25) is 4.90 Å². The minimum absolute atomic E-state index is 0.0782. The van der Waals surface area contributed by atoms with Crippen molar-refractivity contribution in [3.63, 3.8) is 0 Å². The molecule has 1 aliphatic rings. The van der Waals surface area contributed by atoms with E-state index in [-0.39, 0.29) is 12.6 Å². The van der Waals surface area contributed by atoms with Gasteiger partial charge in [-0.05, 0) is 43.2 Å². The average Bonchev–Trinajstić information content (AvgIpc) is 3.05. The molecule has 0 aromatic heterocycles. The molecular formula is C23H29NO. The summed E-state index contributed by atoms with van der Waals surface area (Å²) < 4.78 is 0. The molecule has 0 amide bonds. The molecule has 2 aromatic carbocycles. The van der Waals surface area contributed by atoms with Gasteiger partial charge in [0.1, 0.15) is 0 Å². The van der Waals surface area contributed by atoms with E-state index >= 15 is 0 Å². The van der Waals surface area contributed by atoms with Crippen LogP contribution in [0.3, 0.4) is 0 Å². The summed E-state index contributed by atoms with van der Waals surface area (Å²) in [5.74, 6) is 0. The second-order valence-electron chi connectivity index (χ2n) is 6.99. The SMILES string of the molecule is C=CCC1CCC(CCc2ccccc2)N1C(CO)c1ccccc1. The zero-order valence-corrected chi connectivity index (χ0v) is 14.9. The summed E-state index contributed by atoms with van der Waals surface area (Å²) in [6, 6.07) is 22.2. The predicted octanol–water partition coefficient (Wildman–Crippen LogP) is 4.76. The lowest BCUT2D eigenvalue weighted by molar-refractivity contribution is 0.0746. The van der Waals surface area contributed by atoms with E-state index in [1.165, 1.54) is 24.0 Å². The molecule has 1 aliphatic heterocycles. The van der Waals surface area contributed by atoms with Gasteiger partial charge in [-0.1, -0.05) is 66.7 Å². The minimum atomic E-state index is 0.0782. The van der Waals surface area contributed by atoms with Crippen LogP contribution in [0.5, 0.6) is 0 Å². The molecule has 2 aromatic rings. The average molecular weight is 335 g/mol. The van der Waals surface area contributed by atoms with Crippen LogP contribution in [0.15, 0.2) is 73.3 Å². The van der Waals surface area contributed by atoms with E-state index in [9.17, 15) is 5.11 Å². The highest BCUT2D eigenvalue weighted by Gasteiger charge is 2.37. The second kappa shape index (κ2) is 8.98. The Labute approximate surface area is 151 Å². The quantitative estimate of drug-likeness (QED) is 0.703. The molecule has 1 fully saturated rings. The van der Waals surface area contributed by atoms with E-state index in [2.05, 4.69) is 66.1 Å². The maximum Gasteiger partial charge on any atom is 0.0628 e. The molecule has 132 valence electrons. The number of benzene rings is 2. The summed E-state index contributed by atoms with van der Waals surface area (Å²) in [5, 5.41) is 10.2. The van der Waals surface area contributed by atoms with E-state index in [0.29, 0.717) is 12.1 Å². The molecular weight excluding hydrogens is 306 g/mol. The zero-order chi connectivity index (χ0) is 17.5. The van der Waals surface area contributed by atoms with Crippen molar-refractivity contribution < 1.29 is 5.11 Å². The largest absolute Gasteiger partial charge is 0.394 e. The maximum atomic E-state index is 10.2. The third-order valence-electron chi connectivity index (χ3n) is 5.44. The van der Waals surface area contributed by atoms with E-state index in [4.69, 9.17) is 0 Å². The fourth-order valence-corrected chi connectivity index (χ4v) is 4.24. The minimum Gasteiger partial charge on any atom is -0.394 e. The number of aryl methyl sites for hydroxylation is 1. The Bertz CT molecular complexity index is 640. The van der Waals surface area contributed by atoms with Gasteiger partial charge >= 0.3 is 0 Å². The first-order valence-electron chi connectivity index (χ1n) is 9.41. The molecule has 3 rings (SSSR count). The summed E-state index contributed by atoms with van der Waals surface area (Å²) in [5.41, 5.74) is 2.61. The van der Waals surface area contributed by atoms with Gasteiger partial charge in [0, 0.05) is 12.1 Å². The van der Waals surface area contributed by atoms with Gasteiger partial charge in [0.25, 0.3) is 0 Å². The highest BCUT2D eigenvalue weighted by Crippen LogP contribution is 2.37. The standard InChI is InChI=1S/C23H29NO/c1-2-9-21-16-17-22(15-14-19-10-5-3-6-11-19)24(21)23(18-25)20-12-7-4-8-13-20/h2-8,10-13,21-23,25H,1,9,14-18H2. The summed E-state index contributed by atoms with van der Waals surface area (Å²) >= 11 is 0. The van der Waals surface area contributed by atoms with Crippen molar-refractivity contribution in [2.75, 3.05) is 6.61 Å². The summed E-state index contributed by atoms with van der Waals surface area (Å²) in [4.78, 5) is 2.57. The molecule has 0 aliphatic carbocycles. The summed E-state index contributed by atoms with van der Waals surface area (Å²) in [6.07, 6.45) is 7.64. The van der Waals surface area contributed by atoms with Crippen molar-refractivity contribution >= 4 is 0 Å². The highest BCUT2D eigenvalue weighted by molar-refractivity contribution is 5.21. The molecule has 1 N–H and O–H groups in total. The number of likely N-dealkylation sites (tertiary alicyclic amines) is 1. The molecule has 0 radical (unpaired) electrons. The van der Waals surface area contributed by atoms with Crippen LogP contribution in [0.1, 0.15) is 42.9 Å². The van der Waals surface area contributed by atoms with Crippen molar-refractivity contribution in [1.29, 1.82) is 0 Å². The number of aliphatic hydroxyl groups is 1. The van der Waals surface area contributed by atoms with Gasteiger partial charge in [0.2, 0.25) is 0 Å². The number of nitrogens with zero attached hydrogens (tertiary/aromatic N) is 1. The van der Waals surface area contributed by atoms with E-state index in [1.807, 2.05) is 12.1 Å². The van der Waals surface area contributed by atoms with Crippen molar-refractivity contribution in [2.45, 2.75) is 50.2 Å². The third kappa shape index (κ3) is 4.39. The Kier molecular flexibility index (Phi) is 6.43. The molecule has 2 heteroatoms. The van der Waals surface area contributed by atoms with E-state index in [1.54, 1.807) is 0 Å². The molecule has 3 atom stereocenters. The number of aliphatic hydroxyl groups excluding tert-OH is 1. The van der Waals surface area contributed by atoms with Gasteiger partial charge in [-0.2, -0.15) is 0 Å². The maximum absolute atomic E-state index is 10.2. The molecule has 3 unspecified atom stereocenters. The third-order valence-corrected chi connectivity index (χ3v) is 5.44. The first kappa shape index (κ1) is 17.9. The fourth-order valence-electron chi connectivity index (χ4n) is 4.24. The van der Waals surface area contributed by atoms with Crippen LogP contribution in [-0.2, 0) is 6.42 Å². The lowest BCUT2D eigenvalue weighted by Crippen LogP contribution is -2.41. The topological polar surface area (TPSA) is 23.5 Å². The van der Waals surface area contributed by atoms with Crippen LogP contribution in [0.2, 0.25) is 0 Å². The summed E-state index contributed by atoms with van der Waals surface area (Å²) in [7, 11) is 0. The van der Waals surface area contributed by atoms with Crippen LogP contribution < -0.4 is 0 Å². The van der Waals surface area contributed by atoms with Crippen LogP contribution >= 0.6 is 0 Å². The number of hydrogen-bond acceptors (Lipinski definition) is 2. The molecule has 0 saturated carbocycles. The van der Waals surface area contributed by atoms with Crippen molar-refractivity contribution in [1.82, 2.24) is 4.90 Å². The second-order valence-corrected chi connectivity index (χ2v) is 6.99. The Balaban J connectivity index is 1.77. The van der Waals surface area contributed by atoms with Gasteiger partial charge in [0.15, 0.2) is 0 Å². The Morgan fingerprint density at radius 3 is 2.28 bits per heavy atom. The van der Waals surface area contributed by atoms with Gasteiger partial charge in [0.05, 0.1) is 12.6 Å². The Morgan fingerprint density at radius 1 is 1.00 bits per heavy atom. The van der Waals surface area contributed by atoms with Gasteiger partial charge in [-0.15, -0.1) is 6.58 Å². The molecule has 0 spiro atoms. The molecule has 25 heavy (non-hydrogen) atoms. The molecule has 1 heterocycles. The number of hydrogen-bond donors (Lipinski definition) is 1. The molecule has 0 bridgehead atoms. The van der Waals surface area contributed by atoms with E-state index < -0.39 is 0 Å². The highest BCUT2D eigenvalue weighted by atomic mass is 16.3. The molecule has 2 nitrogen and oxygen atoms in total. The fraction of sp³-hybridized carbons (Fsp3) is 0.391. The zero-order valence-electron chi connectivity index (χ0n) is 14.9. The Morgan fingerprint density at radius 2 is 1.64 bits per heavy atom. The van der Waals surface area contributed by atoms with Crippen molar-refractivity contribution in [2.24, 2.45) is 0 Å². The van der Waals surface area contributed by atoms with Crippen molar-refractivity contribution in [3.8, 4) is 0 Å². The van der Waals surface area contributed by atoms with Gasteiger partial charge < -0.3 is 5.11 Å². The van der Waals surface area contributed by atoms with Gasteiger partial charge in [-0.25, -0.2) is 0 Å². The van der Waals surface area contributed by atoms with Crippen molar-refractivity contribution in [3.05, 3.63) is 84.4 Å². The Hall–Kier alpha value is -1.90. The lowest BCUT2D eigenvalue weighted by atomic mass is 10.00. The number of rotatable bonds is 8. The van der Waals surface area contributed by atoms with Crippen LogP contribution in [0.25, 0.3) is 0 Å². The van der Waals surface area contributed by atoms with Crippen LogP contribution in [-0.4, -0.2) is 28.7 Å². The summed E-state index contributed by atoms with van der Waals surface area (Å²) in [6.45, 7) is 4.11. The monoisotopic (exact) mass is 335 g/mol. The lowest BCUT2D eigenvalue weighted by Gasteiger charge is -2.37. The smallest absolute Gasteiger partial charge is 0.0628 e. The normalized spacial score (nSPS) is 22.0. The van der Waals surface area contributed by atoms with E-state index in [0.717, 1.165) is 19.3 Å². The first-order chi connectivity index (χ1) is 12.3. The van der Waals surface area contributed by atoms with Crippen LogP contribution in [0.4, 0.5) is 0 Å². The first-order valence-corrected chi connectivity index (χ1v) is 9.41. The molecule has 1 saturated heterocycles. The van der Waals surface area contributed by atoms with Crippen LogP contribution in [0, 0.1) is 0 Å².